The Hall–Kier alpha value is -0.120. The van der Waals surface area contributed by atoms with E-state index in [4.69, 9.17) is 5.73 Å². The fourth-order valence-electron chi connectivity index (χ4n) is 3.73. The molecule has 1 saturated carbocycles. The first-order valence-electron chi connectivity index (χ1n) is 7.43. The minimum Gasteiger partial charge on any atom is -0.395 e. The number of likely N-dealkylation sites (tertiary alicyclic amines) is 1. The Morgan fingerprint density at radius 3 is 2.53 bits per heavy atom. The summed E-state index contributed by atoms with van der Waals surface area (Å²) in [6.07, 6.45) is 10.3. The molecular formula is C14H28N2O. The summed E-state index contributed by atoms with van der Waals surface area (Å²) in [4.78, 5) is 2.60. The molecule has 0 radical (unpaired) electrons. The lowest BCUT2D eigenvalue weighted by molar-refractivity contribution is 0.0394. The minimum atomic E-state index is 0.327. The van der Waals surface area contributed by atoms with Crippen LogP contribution in [0.1, 0.15) is 51.4 Å². The normalized spacial score (nSPS) is 36.7. The predicted molar refractivity (Wildman–Crippen MR) is 70.8 cm³/mol. The van der Waals surface area contributed by atoms with Crippen LogP contribution in [0.5, 0.6) is 0 Å². The highest BCUT2D eigenvalue weighted by atomic mass is 16.3. The van der Waals surface area contributed by atoms with Crippen molar-refractivity contribution in [1.29, 1.82) is 0 Å². The minimum absolute atomic E-state index is 0.327. The van der Waals surface area contributed by atoms with E-state index in [1.54, 1.807) is 0 Å². The Morgan fingerprint density at radius 2 is 1.76 bits per heavy atom. The van der Waals surface area contributed by atoms with Crippen LogP contribution in [0.15, 0.2) is 0 Å². The van der Waals surface area contributed by atoms with Crippen LogP contribution in [-0.4, -0.2) is 41.8 Å². The first kappa shape index (κ1) is 13.3. The maximum absolute atomic E-state index is 9.60. The molecule has 2 aliphatic rings. The molecule has 100 valence electrons. The summed E-state index contributed by atoms with van der Waals surface area (Å²) in [5.41, 5.74) is 5.94. The second kappa shape index (κ2) is 6.72. The Labute approximate surface area is 105 Å². The standard InChI is InChI=1S/C14H28N2O/c15-10-12-6-3-4-8-14(12)16-9-5-1-2-7-13(16)11-17/h12-14,17H,1-11,15H2. The van der Waals surface area contributed by atoms with Crippen LogP contribution >= 0.6 is 0 Å². The predicted octanol–water partition coefficient (Wildman–Crippen LogP) is 1.74. The van der Waals surface area contributed by atoms with E-state index in [2.05, 4.69) is 4.90 Å². The molecular weight excluding hydrogens is 212 g/mol. The molecule has 3 unspecified atom stereocenters. The summed E-state index contributed by atoms with van der Waals surface area (Å²) >= 11 is 0. The molecule has 0 aromatic heterocycles. The van der Waals surface area contributed by atoms with E-state index in [1.165, 1.54) is 57.9 Å². The number of rotatable bonds is 3. The Balaban J connectivity index is 2.04. The quantitative estimate of drug-likeness (QED) is 0.790. The fraction of sp³-hybridized carbons (Fsp3) is 1.00. The molecule has 3 nitrogen and oxygen atoms in total. The van der Waals surface area contributed by atoms with Crippen LogP contribution in [0.25, 0.3) is 0 Å². The fourth-order valence-corrected chi connectivity index (χ4v) is 3.73. The van der Waals surface area contributed by atoms with E-state index in [0.29, 0.717) is 24.6 Å². The zero-order chi connectivity index (χ0) is 12.1. The number of aliphatic hydroxyl groups excluding tert-OH is 1. The van der Waals surface area contributed by atoms with E-state index < -0.39 is 0 Å². The molecule has 3 atom stereocenters. The smallest absolute Gasteiger partial charge is 0.0586 e. The van der Waals surface area contributed by atoms with E-state index in [0.717, 1.165) is 6.54 Å². The monoisotopic (exact) mass is 240 g/mol. The Kier molecular flexibility index (Phi) is 5.26. The van der Waals surface area contributed by atoms with Gasteiger partial charge in [-0.15, -0.1) is 0 Å². The van der Waals surface area contributed by atoms with E-state index in [9.17, 15) is 5.11 Å². The molecule has 2 fully saturated rings. The van der Waals surface area contributed by atoms with Gasteiger partial charge >= 0.3 is 0 Å². The summed E-state index contributed by atoms with van der Waals surface area (Å²) < 4.78 is 0. The highest BCUT2D eigenvalue weighted by molar-refractivity contribution is 4.88. The zero-order valence-corrected chi connectivity index (χ0v) is 11.0. The molecule has 0 bridgehead atoms. The molecule has 2 rings (SSSR count). The molecule has 3 N–H and O–H groups in total. The topological polar surface area (TPSA) is 49.5 Å². The van der Waals surface area contributed by atoms with Gasteiger partial charge in [0.25, 0.3) is 0 Å². The molecule has 17 heavy (non-hydrogen) atoms. The molecule has 1 saturated heterocycles. The van der Waals surface area contributed by atoms with Crippen molar-refractivity contribution in [3.63, 3.8) is 0 Å². The molecule has 0 amide bonds. The van der Waals surface area contributed by atoms with Crippen LogP contribution in [0.2, 0.25) is 0 Å². The van der Waals surface area contributed by atoms with Crippen molar-refractivity contribution in [2.24, 2.45) is 11.7 Å². The number of aliphatic hydroxyl groups is 1. The van der Waals surface area contributed by atoms with Crippen molar-refractivity contribution >= 4 is 0 Å². The van der Waals surface area contributed by atoms with Gasteiger partial charge in [0.15, 0.2) is 0 Å². The summed E-state index contributed by atoms with van der Waals surface area (Å²) in [6, 6.07) is 1.04. The SMILES string of the molecule is NCC1CCCCC1N1CCCCCC1CO. The molecule has 0 spiro atoms. The highest BCUT2D eigenvalue weighted by Crippen LogP contribution is 2.31. The van der Waals surface area contributed by atoms with Gasteiger partial charge in [0.05, 0.1) is 6.61 Å². The summed E-state index contributed by atoms with van der Waals surface area (Å²) in [5.74, 6) is 0.663. The lowest BCUT2D eigenvalue weighted by atomic mass is 9.83. The van der Waals surface area contributed by atoms with E-state index in [-0.39, 0.29) is 0 Å². The molecule has 1 aliphatic heterocycles. The van der Waals surface area contributed by atoms with Crippen LogP contribution < -0.4 is 5.73 Å². The summed E-state index contributed by atoms with van der Waals surface area (Å²) in [6.45, 7) is 2.32. The summed E-state index contributed by atoms with van der Waals surface area (Å²) in [5, 5.41) is 9.60. The third-order valence-corrected chi connectivity index (χ3v) is 4.73. The second-order valence-corrected chi connectivity index (χ2v) is 5.77. The van der Waals surface area contributed by atoms with E-state index in [1.807, 2.05) is 0 Å². The van der Waals surface area contributed by atoms with Gasteiger partial charge in [0, 0.05) is 12.1 Å². The average molecular weight is 240 g/mol. The van der Waals surface area contributed by atoms with Gasteiger partial charge in [0.2, 0.25) is 0 Å². The Bertz CT molecular complexity index is 222. The first-order valence-corrected chi connectivity index (χ1v) is 7.43. The second-order valence-electron chi connectivity index (χ2n) is 5.77. The van der Waals surface area contributed by atoms with Crippen LogP contribution in [0, 0.1) is 5.92 Å². The van der Waals surface area contributed by atoms with Crippen molar-refractivity contribution in [2.45, 2.75) is 63.5 Å². The molecule has 0 aromatic carbocycles. The van der Waals surface area contributed by atoms with Gasteiger partial charge < -0.3 is 10.8 Å². The van der Waals surface area contributed by atoms with Gasteiger partial charge in [-0.3, -0.25) is 4.90 Å². The van der Waals surface area contributed by atoms with Gasteiger partial charge in [-0.05, 0) is 44.7 Å². The van der Waals surface area contributed by atoms with Gasteiger partial charge in [-0.1, -0.05) is 25.7 Å². The number of hydrogen-bond donors (Lipinski definition) is 2. The maximum atomic E-state index is 9.60. The van der Waals surface area contributed by atoms with Crippen molar-refractivity contribution in [3.8, 4) is 0 Å². The number of nitrogens with two attached hydrogens (primary N) is 1. The summed E-state index contributed by atoms with van der Waals surface area (Å²) in [7, 11) is 0. The van der Waals surface area contributed by atoms with Crippen LogP contribution in [0.3, 0.4) is 0 Å². The first-order chi connectivity index (χ1) is 8.36. The van der Waals surface area contributed by atoms with E-state index >= 15 is 0 Å². The molecule has 1 heterocycles. The third kappa shape index (κ3) is 3.21. The van der Waals surface area contributed by atoms with Gasteiger partial charge in [-0.25, -0.2) is 0 Å². The average Bonchev–Trinajstić information content (AvgIpc) is 2.63. The van der Waals surface area contributed by atoms with Crippen molar-refractivity contribution in [1.82, 2.24) is 4.90 Å². The highest BCUT2D eigenvalue weighted by Gasteiger charge is 2.33. The lowest BCUT2D eigenvalue weighted by Crippen LogP contribution is -2.50. The van der Waals surface area contributed by atoms with Gasteiger partial charge in [0.1, 0.15) is 0 Å². The third-order valence-electron chi connectivity index (χ3n) is 4.73. The van der Waals surface area contributed by atoms with Crippen LogP contribution in [-0.2, 0) is 0 Å². The maximum Gasteiger partial charge on any atom is 0.0586 e. The molecule has 1 aliphatic carbocycles. The molecule has 0 aromatic rings. The number of hydrogen-bond acceptors (Lipinski definition) is 3. The van der Waals surface area contributed by atoms with Crippen LogP contribution in [0.4, 0.5) is 0 Å². The largest absolute Gasteiger partial charge is 0.395 e. The zero-order valence-electron chi connectivity index (χ0n) is 11.0. The van der Waals surface area contributed by atoms with Gasteiger partial charge in [-0.2, -0.15) is 0 Å². The van der Waals surface area contributed by atoms with Crippen molar-refractivity contribution < 1.29 is 5.11 Å². The lowest BCUT2D eigenvalue weighted by Gasteiger charge is -2.42. The number of nitrogens with zero attached hydrogens (tertiary/aromatic N) is 1. The van der Waals surface area contributed by atoms with Crippen molar-refractivity contribution in [3.05, 3.63) is 0 Å². The van der Waals surface area contributed by atoms with Crippen molar-refractivity contribution in [2.75, 3.05) is 19.7 Å². The molecule has 3 heteroatoms. The Morgan fingerprint density at radius 1 is 1.00 bits per heavy atom.